The van der Waals surface area contributed by atoms with Gasteiger partial charge in [0.15, 0.2) is 0 Å². The first-order valence-corrected chi connectivity index (χ1v) is 9.79. The average molecular weight is 410 g/mol. The van der Waals surface area contributed by atoms with E-state index in [0.717, 1.165) is 42.2 Å². The van der Waals surface area contributed by atoms with Crippen LogP contribution in [0.15, 0.2) is 18.2 Å². The minimum absolute atomic E-state index is 0. The third-order valence-electron chi connectivity index (χ3n) is 3.92. The molecule has 1 amide bonds. The van der Waals surface area contributed by atoms with E-state index in [1.807, 2.05) is 22.7 Å². The topological polar surface area (TPSA) is 44.2 Å². The molecule has 0 saturated carbocycles. The summed E-state index contributed by atoms with van der Waals surface area (Å²) < 4.78 is 0. The number of rotatable bonds is 6. The van der Waals surface area contributed by atoms with E-state index < -0.39 is 0 Å². The molecule has 3 nitrogen and oxygen atoms in total. The zero-order chi connectivity index (χ0) is 16.8. The summed E-state index contributed by atoms with van der Waals surface area (Å²) >= 11 is 13.8. The van der Waals surface area contributed by atoms with Gasteiger partial charge in [0.2, 0.25) is 5.91 Å². The van der Waals surface area contributed by atoms with Crippen molar-refractivity contribution in [1.29, 1.82) is 5.41 Å². The molecule has 7 heteroatoms. The third kappa shape index (κ3) is 6.14. The molecule has 1 aromatic rings. The minimum atomic E-state index is 0. The van der Waals surface area contributed by atoms with Crippen LogP contribution in [-0.2, 0) is 11.2 Å². The number of halogens is 3. The number of carbonyl (C=O) groups is 1. The molecule has 1 saturated heterocycles. The van der Waals surface area contributed by atoms with E-state index in [4.69, 9.17) is 28.6 Å². The maximum Gasteiger partial charge on any atom is 0.227 e. The van der Waals surface area contributed by atoms with E-state index in [1.165, 1.54) is 0 Å². The zero-order valence-electron chi connectivity index (χ0n) is 13.7. The summed E-state index contributed by atoms with van der Waals surface area (Å²) in [5, 5.41) is 9.03. The Kier molecular flexibility index (Phi) is 9.50. The molecule has 1 atom stereocenters. The van der Waals surface area contributed by atoms with Crippen LogP contribution in [0.3, 0.4) is 0 Å². The summed E-state index contributed by atoms with van der Waals surface area (Å²) in [6, 6.07) is 5.48. The van der Waals surface area contributed by atoms with Crippen LogP contribution in [0.25, 0.3) is 0 Å². The predicted octanol–water partition coefficient (Wildman–Crippen LogP) is 5.11. The van der Waals surface area contributed by atoms with Crippen LogP contribution in [0.2, 0.25) is 10.0 Å². The van der Waals surface area contributed by atoms with Crippen molar-refractivity contribution in [3.63, 3.8) is 0 Å². The Bertz CT molecular complexity index is 583. The van der Waals surface area contributed by atoms with Crippen LogP contribution in [-0.4, -0.2) is 40.6 Å². The summed E-state index contributed by atoms with van der Waals surface area (Å²) in [5.41, 5.74) is 1.62. The number of hydrogen-bond donors (Lipinski definition) is 1. The molecule has 1 aliphatic heterocycles. The Labute approximate surface area is 164 Å². The number of nitrogens with one attached hydrogen (secondary N) is 1. The Morgan fingerprint density at radius 3 is 2.79 bits per heavy atom. The molecule has 2 rings (SSSR count). The van der Waals surface area contributed by atoms with E-state index >= 15 is 0 Å². The lowest BCUT2D eigenvalue weighted by atomic mass is 10.0. The van der Waals surface area contributed by atoms with Gasteiger partial charge < -0.3 is 10.3 Å². The van der Waals surface area contributed by atoms with Gasteiger partial charge in [-0.15, -0.1) is 12.4 Å². The molecule has 0 bridgehead atoms. The lowest BCUT2D eigenvalue weighted by molar-refractivity contribution is -0.132. The normalized spacial score (nSPS) is 17.3. The first-order chi connectivity index (χ1) is 11.0. The maximum absolute atomic E-state index is 12.7. The van der Waals surface area contributed by atoms with Gasteiger partial charge in [0.1, 0.15) is 0 Å². The van der Waals surface area contributed by atoms with E-state index in [9.17, 15) is 4.79 Å². The first-order valence-electron chi connectivity index (χ1n) is 7.88. The van der Waals surface area contributed by atoms with E-state index in [0.29, 0.717) is 22.9 Å². The Morgan fingerprint density at radius 1 is 1.38 bits per heavy atom. The number of benzene rings is 1. The molecule has 134 valence electrons. The van der Waals surface area contributed by atoms with Crippen molar-refractivity contribution in [2.24, 2.45) is 0 Å². The summed E-state index contributed by atoms with van der Waals surface area (Å²) in [6.07, 6.45) is 2.82. The largest absolute Gasteiger partial charge is 0.337 e. The highest BCUT2D eigenvalue weighted by molar-refractivity contribution is 7.99. The first kappa shape index (κ1) is 21.6. The van der Waals surface area contributed by atoms with Crippen molar-refractivity contribution in [3.05, 3.63) is 33.8 Å². The van der Waals surface area contributed by atoms with Crippen molar-refractivity contribution >= 4 is 59.0 Å². The van der Waals surface area contributed by atoms with Crippen LogP contribution in [0.4, 0.5) is 0 Å². The van der Waals surface area contributed by atoms with E-state index in [-0.39, 0.29) is 24.4 Å². The Hall–Kier alpha value is -0.420. The second-order valence-corrected chi connectivity index (χ2v) is 7.76. The minimum Gasteiger partial charge on any atom is -0.337 e. The van der Waals surface area contributed by atoms with Gasteiger partial charge in [0.25, 0.3) is 0 Å². The van der Waals surface area contributed by atoms with Crippen LogP contribution in [0.1, 0.15) is 31.7 Å². The smallest absolute Gasteiger partial charge is 0.227 e. The van der Waals surface area contributed by atoms with E-state index in [2.05, 4.69) is 6.92 Å². The summed E-state index contributed by atoms with van der Waals surface area (Å²) in [6.45, 7) is 2.84. The lowest BCUT2D eigenvalue weighted by Gasteiger charge is -2.35. The average Bonchev–Trinajstić information content (AvgIpc) is 2.51. The number of amides is 1. The van der Waals surface area contributed by atoms with Crippen LogP contribution >= 0.6 is 47.4 Å². The SMILES string of the molecule is CCCC(=N)CC1CSCCN1C(=O)Cc1ccc(Cl)c(Cl)c1.Cl. The fourth-order valence-corrected chi connectivity index (χ4v) is 4.15. The number of carbonyl (C=O) groups excluding carboxylic acids is 1. The van der Waals surface area contributed by atoms with Crippen LogP contribution < -0.4 is 0 Å². The predicted molar refractivity (Wildman–Crippen MR) is 107 cm³/mol. The van der Waals surface area contributed by atoms with E-state index in [1.54, 1.807) is 12.1 Å². The maximum atomic E-state index is 12.7. The second-order valence-electron chi connectivity index (χ2n) is 5.80. The molecule has 1 N–H and O–H groups in total. The van der Waals surface area contributed by atoms with Crippen molar-refractivity contribution in [3.8, 4) is 0 Å². The van der Waals surface area contributed by atoms with Gasteiger partial charge in [-0.2, -0.15) is 11.8 Å². The molecular formula is C17H23Cl3N2OS. The van der Waals surface area contributed by atoms with Gasteiger partial charge in [-0.1, -0.05) is 42.6 Å². The van der Waals surface area contributed by atoms with Crippen molar-refractivity contribution < 1.29 is 4.79 Å². The molecular weight excluding hydrogens is 387 g/mol. The standard InChI is InChI=1S/C17H22Cl2N2OS.ClH/c1-2-3-13(20)10-14-11-23-7-6-21(14)17(22)9-12-4-5-15(18)16(19)8-12;/h4-5,8,14,20H,2-3,6-7,9-11H2,1H3;1H. The second kappa shape index (κ2) is 10.5. The summed E-state index contributed by atoms with van der Waals surface area (Å²) in [7, 11) is 0. The number of hydrogen-bond acceptors (Lipinski definition) is 3. The van der Waals surface area contributed by atoms with Crippen LogP contribution in [0.5, 0.6) is 0 Å². The summed E-state index contributed by atoms with van der Waals surface area (Å²) in [4.78, 5) is 14.6. The Morgan fingerprint density at radius 2 is 2.12 bits per heavy atom. The fraction of sp³-hybridized carbons (Fsp3) is 0.529. The number of thioether (sulfide) groups is 1. The molecule has 1 aliphatic rings. The molecule has 1 fully saturated rings. The van der Waals surface area contributed by atoms with Crippen molar-refractivity contribution in [1.82, 2.24) is 4.90 Å². The molecule has 24 heavy (non-hydrogen) atoms. The third-order valence-corrected chi connectivity index (χ3v) is 5.75. The van der Waals surface area contributed by atoms with Gasteiger partial charge in [0.05, 0.1) is 16.5 Å². The highest BCUT2D eigenvalue weighted by Crippen LogP contribution is 2.25. The van der Waals surface area contributed by atoms with Gasteiger partial charge in [-0.3, -0.25) is 4.79 Å². The molecule has 1 aromatic carbocycles. The van der Waals surface area contributed by atoms with Crippen molar-refractivity contribution in [2.75, 3.05) is 18.1 Å². The molecule has 1 heterocycles. The molecule has 0 aliphatic carbocycles. The van der Waals surface area contributed by atoms with Gasteiger partial charge in [-0.25, -0.2) is 0 Å². The van der Waals surface area contributed by atoms with Crippen LogP contribution in [0, 0.1) is 5.41 Å². The fourth-order valence-electron chi connectivity index (χ4n) is 2.77. The molecule has 0 spiro atoms. The highest BCUT2D eigenvalue weighted by atomic mass is 35.5. The van der Waals surface area contributed by atoms with Gasteiger partial charge in [-0.05, 0) is 24.1 Å². The van der Waals surface area contributed by atoms with Gasteiger partial charge >= 0.3 is 0 Å². The monoisotopic (exact) mass is 408 g/mol. The number of nitrogens with zero attached hydrogens (tertiary/aromatic N) is 1. The molecule has 0 aromatic heterocycles. The van der Waals surface area contributed by atoms with Crippen molar-refractivity contribution in [2.45, 2.75) is 38.6 Å². The molecule has 0 radical (unpaired) electrons. The Balaban J connectivity index is 0.00000288. The zero-order valence-corrected chi connectivity index (χ0v) is 16.8. The lowest BCUT2D eigenvalue weighted by Crippen LogP contribution is -2.47. The quantitative estimate of drug-likeness (QED) is 0.663. The summed E-state index contributed by atoms with van der Waals surface area (Å²) in [5.74, 6) is 1.99. The van der Waals surface area contributed by atoms with Gasteiger partial charge in [0, 0.05) is 36.2 Å². The highest BCUT2D eigenvalue weighted by Gasteiger charge is 2.27. The molecule has 1 unspecified atom stereocenters.